The zero-order valence-corrected chi connectivity index (χ0v) is 17.2. The van der Waals surface area contributed by atoms with E-state index in [0.717, 1.165) is 36.3 Å². The minimum atomic E-state index is -0.526. The number of carbonyl (C=O) groups excluding carboxylic acids is 1. The van der Waals surface area contributed by atoms with E-state index in [9.17, 15) is 4.79 Å². The number of benzene rings is 1. The highest BCUT2D eigenvalue weighted by atomic mass is 35.5. The average molecular weight is 429 g/mol. The standard InChI is InChI=1S/C21H18Cl2N4O2/c1-29-19(28)6-2-4-14-5-3-10-27(14)18-12-17(26-11-9-24-13-26)15-7-8-16(22)20(23)21(15)25-18/h7-9,11-14H,3-5,10H2,1H3/t14-/m1/s1. The summed E-state index contributed by atoms with van der Waals surface area (Å²) in [6, 6.07) is 5.87. The van der Waals surface area contributed by atoms with Gasteiger partial charge in [0.1, 0.15) is 5.82 Å². The van der Waals surface area contributed by atoms with Gasteiger partial charge in [-0.1, -0.05) is 29.1 Å². The molecule has 8 heteroatoms. The van der Waals surface area contributed by atoms with Crippen molar-refractivity contribution in [2.75, 3.05) is 18.6 Å². The molecule has 0 spiro atoms. The third-order valence-electron chi connectivity index (χ3n) is 5.00. The maximum absolute atomic E-state index is 11.3. The lowest BCUT2D eigenvalue weighted by Gasteiger charge is -2.25. The first-order chi connectivity index (χ1) is 14.1. The van der Waals surface area contributed by atoms with E-state index in [-0.39, 0.29) is 6.04 Å². The Morgan fingerprint density at radius 2 is 2.24 bits per heavy atom. The van der Waals surface area contributed by atoms with Crippen LogP contribution in [0.5, 0.6) is 0 Å². The van der Waals surface area contributed by atoms with Gasteiger partial charge in [-0.15, -0.1) is 0 Å². The molecule has 0 unspecified atom stereocenters. The Balaban J connectivity index is 1.78. The molecule has 29 heavy (non-hydrogen) atoms. The second-order valence-corrected chi connectivity index (χ2v) is 7.50. The Morgan fingerprint density at radius 1 is 1.38 bits per heavy atom. The Morgan fingerprint density at radius 3 is 3.00 bits per heavy atom. The summed E-state index contributed by atoms with van der Waals surface area (Å²) >= 11 is 12.7. The van der Waals surface area contributed by atoms with E-state index >= 15 is 0 Å². The zero-order chi connectivity index (χ0) is 20.4. The predicted molar refractivity (Wildman–Crippen MR) is 114 cm³/mol. The number of rotatable bonds is 3. The van der Waals surface area contributed by atoms with Crippen molar-refractivity contribution in [1.29, 1.82) is 0 Å². The van der Waals surface area contributed by atoms with Crippen LogP contribution >= 0.6 is 23.2 Å². The average Bonchev–Trinajstić information content (AvgIpc) is 3.42. The van der Waals surface area contributed by atoms with Gasteiger partial charge in [-0.25, -0.2) is 14.8 Å². The summed E-state index contributed by atoms with van der Waals surface area (Å²) in [5.41, 5.74) is 1.57. The van der Waals surface area contributed by atoms with Crippen LogP contribution in [0.2, 0.25) is 10.0 Å². The van der Waals surface area contributed by atoms with Crippen LogP contribution in [0.1, 0.15) is 19.3 Å². The van der Waals surface area contributed by atoms with Gasteiger partial charge in [-0.2, -0.15) is 0 Å². The lowest BCUT2D eigenvalue weighted by Crippen LogP contribution is -2.29. The number of hydrogen-bond donors (Lipinski definition) is 0. The minimum Gasteiger partial charge on any atom is -0.459 e. The molecule has 0 bridgehead atoms. The lowest BCUT2D eigenvalue weighted by atomic mass is 10.1. The molecule has 0 aliphatic carbocycles. The highest BCUT2D eigenvalue weighted by Gasteiger charge is 2.26. The highest BCUT2D eigenvalue weighted by molar-refractivity contribution is 6.45. The van der Waals surface area contributed by atoms with E-state index in [4.69, 9.17) is 28.2 Å². The number of halogens is 2. The summed E-state index contributed by atoms with van der Waals surface area (Å²) < 4.78 is 6.51. The number of esters is 1. The first kappa shape index (κ1) is 19.6. The van der Waals surface area contributed by atoms with Crippen LogP contribution in [-0.2, 0) is 9.53 Å². The number of imidazole rings is 1. The number of aromatic nitrogens is 3. The normalized spacial score (nSPS) is 16.0. The largest absolute Gasteiger partial charge is 0.459 e. The number of anilines is 1. The molecule has 3 heterocycles. The first-order valence-corrected chi connectivity index (χ1v) is 9.94. The first-order valence-electron chi connectivity index (χ1n) is 9.19. The van der Waals surface area contributed by atoms with Gasteiger partial charge >= 0.3 is 5.97 Å². The molecule has 1 aliphatic heterocycles. The van der Waals surface area contributed by atoms with Crippen LogP contribution in [0.3, 0.4) is 0 Å². The van der Waals surface area contributed by atoms with E-state index in [1.54, 1.807) is 18.6 Å². The Labute approximate surface area is 178 Å². The van der Waals surface area contributed by atoms with Crippen LogP contribution in [0.25, 0.3) is 16.6 Å². The van der Waals surface area contributed by atoms with Gasteiger partial charge in [-0.3, -0.25) is 0 Å². The van der Waals surface area contributed by atoms with Crippen molar-refractivity contribution in [3.63, 3.8) is 0 Å². The Bertz CT molecular complexity index is 1120. The van der Waals surface area contributed by atoms with E-state index in [1.165, 1.54) is 7.11 Å². The fraction of sp³-hybridized carbons (Fsp3) is 0.286. The van der Waals surface area contributed by atoms with Crippen LogP contribution < -0.4 is 4.90 Å². The predicted octanol–water partition coefficient (Wildman–Crippen LogP) is 4.26. The molecule has 6 nitrogen and oxygen atoms in total. The maximum Gasteiger partial charge on any atom is 0.384 e. The third-order valence-corrected chi connectivity index (χ3v) is 5.80. The van der Waals surface area contributed by atoms with Crippen molar-refractivity contribution in [3.05, 3.63) is 47.0 Å². The molecule has 1 aromatic carbocycles. The summed E-state index contributed by atoms with van der Waals surface area (Å²) in [4.78, 5) is 22.5. The van der Waals surface area contributed by atoms with E-state index in [1.807, 2.05) is 22.9 Å². The van der Waals surface area contributed by atoms with Crippen LogP contribution in [0, 0.1) is 11.8 Å². The molecule has 1 fully saturated rings. The van der Waals surface area contributed by atoms with E-state index in [2.05, 4.69) is 26.5 Å². The topological polar surface area (TPSA) is 60.2 Å². The molecule has 0 amide bonds. The number of hydrogen-bond acceptors (Lipinski definition) is 5. The molecule has 1 atom stereocenters. The number of fused-ring (bicyclic) bond motifs is 1. The Hall–Kier alpha value is -2.75. The third kappa shape index (κ3) is 3.89. The monoisotopic (exact) mass is 428 g/mol. The summed E-state index contributed by atoms with van der Waals surface area (Å²) in [6.45, 7) is 0.852. The van der Waals surface area contributed by atoms with Gasteiger partial charge in [-0.05, 0) is 25.0 Å². The van der Waals surface area contributed by atoms with E-state index < -0.39 is 5.97 Å². The second-order valence-electron chi connectivity index (χ2n) is 6.71. The lowest BCUT2D eigenvalue weighted by molar-refractivity contribution is -0.133. The molecule has 0 saturated carbocycles. The molecular formula is C21H18Cl2N4O2. The molecular weight excluding hydrogens is 411 g/mol. The summed E-state index contributed by atoms with van der Waals surface area (Å²) in [5.74, 6) is 5.70. The van der Waals surface area contributed by atoms with Crippen molar-refractivity contribution in [2.24, 2.45) is 0 Å². The fourth-order valence-electron chi connectivity index (χ4n) is 3.61. The molecule has 2 aromatic heterocycles. The zero-order valence-electron chi connectivity index (χ0n) is 15.7. The van der Waals surface area contributed by atoms with Crippen LogP contribution in [0.4, 0.5) is 5.82 Å². The molecule has 4 rings (SSSR count). The minimum absolute atomic E-state index is 0.158. The van der Waals surface area contributed by atoms with Crippen molar-refractivity contribution < 1.29 is 9.53 Å². The number of methoxy groups -OCH3 is 1. The van der Waals surface area contributed by atoms with Crippen molar-refractivity contribution in [3.8, 4) is 17.5 Å². The molecule has 148 valence electrons. The molecule has 0 N–H and O–H groups in total. The number of nitrogens with zero attached hydrogens (tertiary/aromatic N) is 4. The van der Waals surface area contributed by atoms with Gasteiger partial charge in [0.2, 0.25) is 0 Å². The van der Waals surface area contributed by atoms with Crippen molar-refractivity contribution in [1.82, 2.24) is 14.5 Å². The maximum atomic E-state index is 11.3. The summed E-state index contributed by atoms with van der Waals surface area (Å²) in [7, 11) is 1.32. The van der Waals surface area contributed by atoms with E-state index in [0.29, 0.717) is 22.0 Å². The highest BCUT2D eigenvalue weighted by Crippen LogP contribution is 2.36. The molecule has 0 radical (unpaired) electrons. The second kappa shape index (κ2) is 8.32. The van der Waals surface area contributed by atoms with Gasteiger partial charge in [0.15, 0.2) is 0 Å². The summed E-state index contributed by atoms with van der Waals surface area (Å²) in [6.07, 6.45) is 7.89. The van der Waals surface area contributed by atoms with Gasteiger partial charge in [0.25, 0.3) is 0 Å². The molecule has 1 saturated heterocycles. The number of carbonyl (C=O) groups is 1. The molecule has 3 aromatic rings. The van der Waals surface area contributed by atoms with Crippen LogP contribution in [0.15, 0.2) is 36.9 Å². The van der Waals surface area contributed by atoms with Crippen molar-refractivity contribution >= 4 is 45.9 Å². The van der Waals surface area contributed by atoms with Gasteiger partial charge < -0.3 is 14.2 Å². The fourth-order valence-corrected chi connectivity index (χ4v) is 3.97. The van der Waals surface area contributed by atoms with Gasteiger partial charge in [0, 0.05) is 48.8 Å². The van der Waals surface area contributed by atoms with Crippen molar-refractivity contribution in [2.45, 2.75) is 25.3 Å². The number of ether oxygens (including phenoxy) is 1. The smallest absolute Gasteiger partial charge is 0.384 e. The Kier molecular flexibility index (Phi) is 5.61. The van der Waals surface area contributed by atoms with Gasteiger partial charge in [0.05, 0.1) is 34.7 Å². The van der Waals surface area contributed by atoms with Crippen LogP contribution in [-0.4, -0.2) is 40.2 Å². The SMILES string of the molecule is COC(=O)C#CC[C@@H]1CCCN1c1cc(-n2ccnc2)c2ccc(Cl)c(Cl)c2n1. The molecule has 1 aliphatic rings. The summed E-state index contributed by atoms with van der Waals surface area (Å²) in [5, 5.41) is 1.78. The number of pyridine rings is 1. The quantitative estimate of drug-likeness (QED) is 0.354.